The van der Waals surface area contributed by atoms with Crippen molar-refractivity contribution in [2.24, 2.45) is 5.92 Å². The Labute approximate surface area is 600 Å². The van der Waals surface area contributed by atoms with E-state index in [0.717, 1.165) is 109 Å². The summed E-state index contributed by atoms with van der Waals surface area (Å²) in [4.78, 5) is 72.7. The summed E-state index contributed by atoms with van der Waals surface area (Å²) in [5.41, 5.74) is 0. The molecule has 0 aliphatic heterocycles. The van der Waals surface area contributed by atoms with Crippen LogP contribution in [0.5, 0.6) is 0 Å². The molecule has 0 saturated heterocycles. The second-order valence-corrected chi connectivity index (χ2v) is 31.8. The van der Waals surface area contributed by atoms with Crippen LogP contribution in [0.1, 0.15) is 420 Å². The van der Waals surface area contributed by atoms with E-state index < -0.39 is 97.5 Å². The van der Waals surface area contributed by atoms with Crippen molar-refractivity contribution in [1.29, 1.82) is 0 Å². The van der Waals surface area contributed by atoms with Crippen LogP contribution >= 0.6 is 15.6 Å². The third kappa shape index (κ3) is 72.4. The number of carbonyl (C=O) groups excluding carboxylic acids is 4. The van der Waals surface area contributed by atoms with Crippen LogP contribution in [-0.2, 0) is 65.4 Å². The van der Waals surface area contributed by atoms with Crippen molar-refractivity contribution in [3.63, 3.8) is 0 Å². The van der Waals surface area contributed by atoms with Crippen molar-refractivity contribution in [3.8, 4) is 0 Å². The Morgan fingerprint density at radius 3 is 0.694 bits per heavy atom. The largest absolute Gasteiger partial charge is 0.472 e. The van der Waals surface area contributed by atoms with E-state index in [9.17, 15) is 43.2 Å². The molecule has 0 fully saturated rings. The summed E-state index contributed by atoms with van der Waals surface area (Å²) in [6.07, 6.45) is 62.9. The van der Waals surface area contributed by atoms with Gasteiger partial charge in [0, 0.05) is 25.7 Å². The lowest BCUT2D eigenvalue weighted by Gasteiger charge is -2.21. The van der Waals surface area contributed by atoms with E-state index in [-0.39, 0.29) is 25.7 Å². The molecule has 2 unspecified atom stereocenters. The Balaban J connectivity index is 5.15. The van der Waals surface area contributed by atoms with E-state index in [2.05, 4.69) is 34.6 Å². The molecule has 0 aromatic carbocycles. The van der Waals surface area contributed by atoms with Gasteiger partial charge in [0.1, 0.15) is 19.3 Å². The molecule has 0 rings (SSSR count). The maximum Gasteiger partial charge on any atom is 0.472 e. The number of aliphatic hydroxyl groups is 1. The Bertz CT molecular complexity index is 1870. The van der Waals surface area contributed by atoms with E-state index >= 15 is 0 Å². The summed E-state index contributed by atoms with van der Waals surface area (Å²) >= 11 is 0. The van der Waals surface area contributed by atoms with Crippen LogP contribution in [0.4, 0.5) is 0 Å². The summed E-state index contributed by atoms with van der Waals surface area (Å²) in [6, 6.07) is 0. The molecule has 0 aromatic rings. The number of ether oxygens (including phenoxy) is 4. The standard InChI is InChI=1S/C79H154O17P2/c1-6-9-12-15-18-20-22-24-26-28-30-31-33-35-37-39-41-43-49-54-59-64-78(83)95-75(69-90-77(82)63-58-53-48-42-40-38-36-34-32-29-27-25-23-21-19-16-13-10-7-2)71-94-98(87,88)92-67-73(80)66-91-97(85,86)93-70-74(68-89-76(81)62-57-52-46-17-14-11-8-3)96-79(84)65-60-55-50-45-44-47-51-56-61-72(4)5/h72-75,80H,6-71H2,1-5H3,(H,85,86)(H,87,88)/t73-,74+,75+/m0/s1. The van der Waals surface area contributed by atoms with Crippen LogP contribution in [-0.4, -0.2) is 96.7 Å². The lowest BCUT2D eigenvalue weighted by Crippen LogP contribution is -2.30. The molecular weight excluding hydrogens is 1280 g/mol. The lowest BCUT2D eigenvalue weighted by atomic mass is 10.0. The molecule has 0 spiro atoms. The zero-order chi connectivity index (χ0) is 71.9. The number of phosphoric acid groups is 2. The highest BCUT2D eigenvalue weighted by atomic mass is 31.2. The van der Waals surface area contributed by atoms with Crippen LogP contribution in [0.2, 0.25) is 0 Å². The topological polar surface area (TPSA) is 237 Å². The first-order valence-electron chi connectivity index (χ1n) is 41.1. The second-order valence-electron chi connectivity index (χ2n) is 28.9. The zero-order valence-electron chi connectivity index (χ0n) is 63.9. The van der Waals surface area contributed by atoms with Gasteiger partial charge in [-0.1, -0.05) is 369 Å². The van der Waals surface area contributed by atoms with E-state index in [1.165, 1.54) is 231 Å². The second kappa shape index (κ2) is 72.0. The first kappa shape index (κ1) is 96.1. The van der Waals surface area contributed by atoms with Crippen molar-refractivity contribution < 1.29 is 80.2 Å². The molecule has 0 bridgehead atoms. The maximum atomic E-state index is 13.1. The fourth-order valence-corrected chi connectivity index (χ4v) is 13.8. The van der Waals surface area contributed by atoms with Crippen LogP contribution in [0.15, 0.2) is 0 Å². The lowest BCUT2D eigenvalue weighted by molar-refractivity contribution is -0.161. The third-order valence-corrected chi connectivity index (χ3v) is 20.4. The van der Waals surface area contributed by atoms with E-state index in [0.29, 0.717) is 25.7 Å². The Hall–Kier alpha value is -1.94. The zero-order valence-corrected chi connectivity index (χ0v) is 65.7. The first-order valence-corrected chi connectivity index (χ1v) is 44.1. The molecule has 19 heteroatoms. The molecule has 17 nitrogen and oxygen atoms in total. The van der Waals surface area contributed by atoms with Gasteiger partial charge in [-0.3, -0.25) is 37.3 Å². The highest BCUT2D eigenvalue weighted by Crippen LogP contribution is 2.45. The minimum Gasteiger partial charge on any atom is -0.462 e. The summed E-state index contributed by atoms with van der Waals surface area (Å²) < 4.78 is 68.5. The Kier molecular flexibility index (Phi) is 70.6. The van der Waals surface area contributed by atoms with Crippen molar-refractivity contribution in [2.75, 3.05) is 39.6 Å². The number of rotatable bonds is 79. The summed E-state index contributed by atoms with van der Waals surface area (Å²) in [6.45, 7) is 7.22. The fraction of sp³-hybridized carbons (Fsp3) is 0.949. The third-order valence-electron chi connectivity index (χ3n) is 18.5. The van der Waals surface area contributed by atoms with Gasteiger partial charge in [-0.25, -0.2) is 9.13 Å². The minimum absolute atomic E-state index is 0.105. The van der Waals surface area contributed by atoms with Gasteiger partial charge >= 0.3 is 39.5 Å². The predicted octanol–water partition coefficient (Wildman–Crippen LogP) is 23.6. The molecular formula is C79H154O17P2. The van der Waals surface area contributed by atoms with Gasteiger partial charge in [-0.2, -0.15) is 0 Å². The highest BCUT2D eigenvalue weighted by molar-refractivity contribution is 7.47. The Morgan fingerprint density at radius 1 is 0.276 bits per heavy atom. The quantitative estimate of drug-likeness (QED) is 0.0222. The van der Waals surface area contributed by atoms with Gasteiger partial charge in [0.15, 0.2) is 12.2 Å². The van der Waals surface area contributed by atoms with Gasteiger partial charge in [0.25, 0.3) is 0 Å². The molecule has 3 N–H and O–H groups in total. The predicted molar refractivity (Wildman–Crippen MR) is 400 cm³/mol. The van der Waals surface area contributed by atoms with Crippen molar-refractivity contribution in [3.05, 3.63) is 0 Å². The molecule has 582 valence electrons. The summed E-state index contributed by atoms with van der Waals surface area (Å²) in [5, 5.41) is 10.6. The SMILES string of the molecule is CCCCCCCCCCCCCCCCCCCCCCCC(=O)O[C@H](COC(=O)CCCCCCCCCCCCCCCCCCCCC)COP(=O)(O)OC[C@@H](O)COP(=O)(O)OC[C@@H](COC(=O)CCCCCCCCC)OC(=O)CCCCCCCCCCC(C)C. The van der Waals surface area contributed by atoms with Crippen molar-refractivity contribution >= 4 is 39.5 Å². The molecule has 0 saturated carbocycles. The minimum atomic E-state index is -4.96. The molecule has 0 aliphatic carbocycles. The van der Waals surface area contributed by atoms with E-state index in [1.54, 1.807) is 0 Å². The molecule has 0 radical (unpaired) electrons. The smallest absolute Gasteiger partial charge is 0.462 e. The number of unbranched alkanes of at least 4 members (excludes halogenated alkanes) is 51. The van der Waals surface area contributed by atoms with Gasteiger partial charge in [-0.15, -0.1) is 0 Å². The average molecular weight is 1440 g/mol. The van der Waals surface area contributed by atoms with Crippen LogP contribution < -0.4 is 0 Å². The summed E-state index contributed by atoms with van der Waals surface area (Å²) in [5.74, 6) is -1.40. The molecule has 98 heavy (non-hydrogen) atoms. The first-order chi connectivity index (χ1) is 47.5. The normalized spacial score (nSPS) is 13.9. The number of hydrogen-bond donors (Lipinski definition) is 3. The fourth-order valence-electron chi connectivity index (χ4n) is 12.2. The number of carbonyl (C=O) groups is 4. The van der Waals surface area contributed by atoms with Crippen molar-refractivity contribution in [1.82, 2.24) is 0 Å². The van der Waals surface area contributed by atoms with Gasteiger partial charge < -0.3 is 33.8 Å². The Morgan fingerprint density at radius 2 is 0.469 bits per heavy atom. The monoisotopic (exact) mass is 1440 g/mol. The number of hydrogen-bond acceptors (Lipinski definition) is 15. The molecule has 5 atom stereocenters. The van der Waals surface area contributed by atoms with Gasteiger partial charge in [-0.05, 0) is 31.6 Å². The number of aliphatic hydroxyl groups excluding tert-OH is 1. The molecule has 0 aromatic heterocycles. The van der Waals surface area contributed by atoms with Gasteiger partial charge in [0.2, 0.25) is 0 Å². The molecule has 0 aliphatic rings. The van der Waals surface area contributed by atoms with Crippen LogP contribution in [0.3, 0.4) is 0 Å². The average Bonchev–Trinajstić information content (AvgIpc) is 1.13. The summed E-state index contributed by atoms with van der Waals surface area (Å²) in [7, 11) is -9.91. The highest BCUT2D eigenvalue weighted by Gasteiger charge is 2.30. The van der Waals surface area contributed by atoms with Gasteiger partial charge in [0.05, 0.1) is 26.4 Å². The molecule has 0 heterocycles. The maximum absolute atomic E-state index is 13.1. The van der Waals surface area contributed by atoms with Crippen molar-refractivity contribution in [2.45, 2.75) is 438 Å². The number of phosphoric ester groups is 2. The number of esters is 4. The van der Waals surface area contributed by atoms with Crippen LogP contribution in [0.25, 0.3) is 0 Å². The van der Waals surface area contributed by atoms with E-state index in [1.807, 2.05) is 0 Å². The van der Waals surface area contributed by atoms with Crippen LogP contribution in [0, 0.1) is 5.92 Å². The van der Waals surface area contributed by atoms with E-state index in [4.69, 9.17) is 37.0 Å². The molecule has 0 amide bonds.